The second kappa shape index (κ2) is 3.16. The summed E-state index contributed by atoms with van der Waals surface area (Å²) in [4.78, 5) is 15.2. The van der Waals surface area contributed by atoms with Crippen molar-refractivity contribution in [2.75, 3.05) is 0 Å². The van der Waals surface area contributed by atoms with Crippen molar-refractivity contribution < 1.29 is 4.79 Å². The summed E-state index contributed by atoms with van der Waals surface area (Å²) in [5.74, 6) is 0. The number of aromatic nitrogens is 1. The first kappa shape index (κ1) is 7.64. The van der Waals surface area contributed by atoms with Crippen molar-refractivity contribution in [3.05, 3.63) is 27.9 Å². The first-order valence-electron chi connectivity index (χ1n) is 3.34. The molecule has 2 heterocycles. The molecule has 0 N–H and O–H groups in total. The van der Waals surface area contributed by atoms with Gasteiger partial charge in [-0.1, -0.05) is 0 Å². The summed E-state index contributed by atoms with van der Waals surface area (Å²) in [5, 5.41) is 4.93. The van der Waals surface area contributed by atoms with E-state index in [-0.39, 0.29) is 0 Å². The molecule has 0 saturated carbocycles. The number of hydrogen-bond acceptors (Lipinski definition) is 4. The number of rotatable bonds is 2. The van der Waals surface area contributed by atoms with Crippen LogP contribution in [0.4, 0.5) is 0 Å². The molecule has 0 saturated heterocycles. The average Bonchev–Trinajstić information content (AvgIpc) is 2.75. The summed E-state index contributed by atoms with van der Waals surface area (Å²) in [7, 11) is 0. The lowest BCUT2D eigenvalue weighted by Gasteiger charge is -1.84. The molecular weight excluding hydrogens is 190 g/mol. The van der Waals surface area contributed by atoms with Crippen molar-refractivity contribution in [2.24, 2.45) is 0 Å². The van der Waals surface area contributed by atoms with E-state index in [2.05, 4.69) is 4.98 Å². The van der Waals surface area contributed by atoms with E-state index in [0.717, 1.165) is 16.9 Å². The summed E-state index contributed by atoms with van der Waals surface area (Å²) >= 11 is 3.05. The van der Waals surface area contributed by atoms with Crippen LogP contribution in [0.5, 0.6) is 0 Å². The van der Waals surface area contributed by atoms with Crippen molar-refractivity contribution in [3.63, 3.8) is 0 Å². The Morgan fingerprint density at radius 2 is 2.42 bits per heavy atom. The van der Waals surface area contributed by atoms with Crippen molar-refractivity contribution in [1.29, 1.82) is 0 Å². The molecule has 0 unspecified atom stereocenters. The van der Waals surface area contributed by atoms with Gasteiger partial charge in [0.05, 0.1) is 4.88 Å². The number of hydrogen-bond donors (Lipinski definition) is 0. The van der Waals surface area contributed by atoms with Gasteiger partial charge in [0, 0.05) is 17.1 Å². The number of nitrogens with zero attached hydrogens (tertiary/aromatic N) is 1. The van der Waals surface area contributed by atoms with Crippen molar-refractivity contribution >= 4 is 29.0 Å². The van der Waals surface area contributed by atoms with Gasteiger partial charge in [-0.25, -0.2) is 4.98 Å². The van der Waals surface area contributed by atoms with E-state index >= 15 is 0 Å². The van der Waals surface area contributed by atoms with Crippen molar-refractivity contribution in [1.82, 2.24) is 4.98 Å². The summed E-state index contributed by atoms with van der Waals surface area (Å²) in [6.45, 7) is 0. The molecule has 12 heavy (non-hydrogen) atoms. The van der Waals surface area contributed by atoms with Crippen LogP contribution >= 0.6 is 22.7 Å². The van der Waals surface area contributed by atoms with Gasteiger partial charge in [0.25, 0.3) is 0 Å². The van der Waals surface area contributed by atoms with Gasteiger partial charge in [0.2, 0.25) is 0 Å². The second-order valence-electron chi connectivity index (χ2n) is 2.20. The minimum absolute atomic E-state index is 0.677. The van der Waals surface area contributed by atoms with Crippen LogP contribution in [-0.4, -0.2) is 11.3 Å². The van der Waals surface area contributed by atoms with Crippen LogP contribution in [0.3, 0.4) is 0 Å². The zero-order valence-electron chi connectivity index (χ0n) is 6.06. The minimum Gasteiger partial charge on any atom is -0.297 e. The van der Waals surface area contributed by atoms with Gasteiger partial charge in [0.15, 0.2) is 6.29 Å². The Balaban J connectivity index is 2.41. The number of carbonyl (C=O) groups is 1. The zero-order valence-corrected chi connectivity index (χ0v) is 7.69. The third kappa shape index (κ3) is 1.31. The van der Waals surface area contributed by atoms with E-state index in [1.807, 2.05) is 16.8 Å². The quantitative estimate of drug-likeness (QED) is 0.689. The fourth-order valence-corrected chi connectivity index (χ4v) is 2.30. The monoisotopic (exact) mass is 195 g/mol. The van der Waals surface area contributed by atoms with E-state index in [1.165, 1.54) is 11.3 Å². The van der Waals surface area contributed by atoms with Crippen LogP contribution in [0, 0.1) is 0 Å². The highest BCUT2D eigenvalue weighted by molar-refractivity contribution is 7.17. The lowest BCUT2D eigenvalue weighted by atomic mass is 10.4. The topological polar surface area (TPSA) is 30.0 Å². The highest BCUT2D eigenvalue weighted by atomic mass is 32.1. The minimum atomic E-state index is 0.677. The van der Waals surface area contributed by atoms with Crippen molar-refractivity contribution in [3.8, 4) is 10.6 Å². The standard InChI is InChI=1S/C8H5NOS2/c10-4-7-3-9-8(12-7)6-1-2-11-5-6/h1-5H. The van der Waals surface area contributed by atoms with Gasteiger partial charge in [-0.2, -0.15) is 11.3 Å². The molecule has 0 fully saturated rings. The Morgan fingerprint density at radius 3 is 3.00 bits per heavy atom. The largest absolute Gasteiger partial charge is 0.297 e. The van der Waals surface area contributed by atoms with E-state index in [4.69, 9.17) is 0 Å². The number of carbonyl (C=O) groups excluding carboxylic acids is 1. The van der Waals surface area contributed by atoms with Crippen LogP contribution in [0.2, 0.25) is 0 Å². The SMILES string of the molecule is O=Cc1cnc(-c2ccsc2)s1. The van der Waals surface area contributed by atoms with Crippen LogP contribution in [0.1, 0.15) is 9.67 Å². The molecule has 0 aliphatic heterocycles. The van der Waals surface area contributed by atoms with Crippen molar-refractivity contribution in [2.45, 2.75) is 0 Å². The Kier molecular flexibility index (Phi) is 2.01. The van der Waals surface area contributed by atoms with Gasteiger partial charge in [-0.15, -0.1) is 11.3 Å². The highest BCUT2D eigenvalue weighted by Crippen LogP contribution is 2.25. The third-order valence-corrected chi connectivity index (χ3v) is 3.06. The molecule has 4 heteroatoms. The van der Waals surface area contributed by atoms with E-state index in [1.54, 1.807) is 17.5 Å². The molecule has 0 radical (unpaired) electrons. The molecule has 0 atom stereocenters. The predicted octanol–water partition coefficient (Wildman–Crippen LogP) is 2.68. The highest BCUT2D eigenvalue weighted by Gasteiger charge is 2.03. The average molecular weight is 195 g/mol. The Bertz CT molecular complexity index is 377. The Hall–Kier alpha value is -1.00. The molecule has 0 spiro atoms. The van der Waals surface area contributed by atoms with Gasteiger partial charge in [-0.3, -0.25) is 4.79 Å². The predicted molar refractivity (Wildman–Crippen MR) is 50.8 cm³/mol. The molecule has 2 aromatic rings. The van der Waals surface area contributed by atoms with Gasteiger partial charge in [0.1, 0.15) is 5.01 Å². The molecule has 0 aromatic carbocycles. The fraction of sp³-hybridized carbons (Fsp3) is 0. The number of thiazole rings is 1. The maximum atomic E-state index is 10.4. The Labute approximate surface area is 77.5 Å². The lowest BCUT2D eigenvalue weighted by molar-refractivity contribution is 0.112. The molecule has 0 aliphatic carbocycles. The summed E-state index contributed by atoms with van der Waals surface area (Å²) in [6.07, 6.45) is 2.43. The Morgan fingerprint density at radius 1 is 1.50 bits per heavy atom. The van der Waals surface area contributed by atoms with Crippen LogP contribution in [-0.2, 0) is 0 Å². The van der Waals surface area contributed by atoms with E-state index in [9.17, 15) is 4.79 Å². The summed E-state index contributed by atoms with van der Waals surface area (Å²) in [5.41, 5.74) is 1.10. The van der Waals surface area contributed by atoms with E-state index < -0.39 is 0 Å². The number of thiophene rings is 1. The molecular formula is C8H5NOS2. The van der Waals surface area contributed by atoms with Crippen LogP contribution < -0.4 is 0 Å². The maximum absolute atomic E-state index is 10.4. The molecule has 2 nitrogen and oxygen atoms in total. The second-order valence-corrected chi connectivity index (χ2v) is 4.04. The van der Waals surface area contributed by atoms with E-state index in [0.29, 0.717) is 4.88 Å². The normalized spacial score (nSPS) is 10.0. The van der Waals surface area contributed by atoms with Gasteiger partial charge >= 0.3 is 0 Å². The zero-order chi connectivity index (χ0) is 8.39. The molecule has 0 aliphatic rings. The molecule has 0 bridgehead atoms. The molecule has 2 rings (SSSR count). The number of aldehydes is 1. The third-order valence-electron chi connectivity index (χ3n) is 1.41. The first-order chi connectivity index (χ1) is 5.90. The first-order valence-corrected chi connectivity index (χ1v) is 5.09. The molecule has 2 aromatic heterocycles. The van der Waals surface area contributed by atoms with Crippen LogP contribution in [0.15, 0.2) is 23.0 Å². The van der Waals surface area contributed by atoms with Crippen LogP contribution in [0.25, 0.3) is 10.6 Å². The summed E-state index contributed by atoms with van der Waals surface area (Å²) in [6, 6.07) is 2.00. The fourth-order valence-electron chi connectivity index (χ4n) is 0.861. The van der Waals surface area contributed by atoms with Gasteiger partial charge in [-0.05, 0) is 11.4 Å². The molecule has 0 amide bonds. The van der Waals surface area contributed by atoms with Gasteiger partial charge < -0.3 is 0 Å². The lowest BCUT2D eigenvalue weighted by Crippen LogP contribution is -1.65. The molecule has 60 valence electrons. The summed E-state index contributed by atoms with van der Waals surface area (Å²) < 4.78 is 0. The maximum Gasteiger partial charge on any atom is 0.161 e. The smallest absolute Gasteiger partial charge is 0.161 e.